The Kier molecular flexibility index (Phi) is 4.64. The Morgan fingerprint density at radius 3 is 2.81 bits per heavy atom. The number of carbonyl (C=O) groups excluding carboxylic acids is 1. The van der Waals surface area contributed by atoms with Gasteiger partial charge in [0.05, 0.1) is 12.1 Å². The monoisotopic (exact) mass is 283 g/mol. The molecule has 1 aromatic carbocycles. The highest BCUT2D eigenvalue weighted by Crippen LogP contribution is 2.12. The fourth-order valence-corrected chi connectivity index (χ4v) is 1.63. The Hall–Kier alpha value is -2.71. The molecule has 2 rings (SSSR count). The Balaban J connectivity index is 2.16. The number of hydrogen-bond acceptors (Lipinski definition) is 3. The Bertz CT molecular complexity index is 715. The van der Waals surface area contributed by atoms with Gasteiger partial charge in [0.15, 0.2) is 0 Å². The van der Waals surface area contributed by atoms with Gasteiger partial charge < -0.3 is 11.1 Å². The predicted molar refractivity (Wildman–Crippen MR) is 79.3 cm³/mol. The molecule has 1 amide bonds. The summed E-state index contributed by atoms with van der Waals surface area (Å²) in [7, 11) is 0. The van der Waals surface area contributed by atoms with Gasteiger partial charge in [-0.3, -0.25) is 4.79 Å². The summed E-state index contributed by atoms with van der Waals surface area (Å²) < 4.78 is 13.8. The van der Waals surface area contributed by atoms with Crippen molar-refractivity contribution < 1.29 is 9.18 Å². The molecule has 2 aromatic rings. The number of aryl methyl sites for hydroxylation is 1. The quantitative estimate of drug-likeness (QED) is 0.829. The standard InChI is InChI=1S/C16H14FN3O/c1-11-4-7-15(19-10-11)20-16(21)13-6-5-12(3-2-8-18)14(17)9-13/h4-7,9-10H,8,18H2,1H3,(H,19,20,21). The van der Waals surface area contributed by atoms with Crippen molar-refractivity contribution in [2.45, 2.75) is 6.92 Å². The van der Waals surface area contributed by atoms with Crippen molar-refractivity contribution in [2.75, 3.05) is 11.9 Å². The molecule has 4 nitrogen and oxygen atoms in total. The van der Waals surface area contributed by atoms with Crippen molar-refractivity contribution in [3.63, 3.8) is 0 Å². The first-order valence-corrected chi connectivity index (χ1v) is 6.32. The van der Waals surface area contributed by atoms with E-state index in [0.29, 0.717) is 5.82 Å². The van der Waals surface area contributed by atoms with Crippen LogP contribution in [0.1, 0.15) is 21.5 Å². The number of benzene rings is 1. The maximum atomic E-state index is 13.8. The molecule has 0 fully saturated rings. The molecule has 0 aliphatic carbocycles. The van der Waals surface area contributed by atoms with E-state index < -0.39 is 11.7 Å². The molecule has 0 radical (unpaired) electrons. The molecule has 1 aromatic heterocycles. The van der Waals surface area contributed by atoms with E-state index in [-0.39, 0.29) is 17.7 Å². The summed E-state index contributed by atoms with van der Waals surface area (Å²) >= 11 is 0. The SMILES string of the molecule is Cc1ccc(NC(=O)c2ccc(C#CCN)c(F)c2)nc1. The van der Waals surface area contributed by atoms with Gasteiger partial charge in [-0.25, -0.2) is 9.37 Å². The molecule has 0 aliphatic heterocycles. The number of nitrogens with zero attached hydrogens (tertiary/aromatic N) is 1. The Morgan fingerprint density at radius 2 is 2.19 bits per heavy atom. The van der Waals surface area contributed by atoms with E-state index in [1.165, 1.54) is 12.1 Å². The molecular formula is C16H14FN3O. The highest BCUT2D eigenvalue weighted by Gasteiger charge is 2.09. The molecule has 1 heterocycles. The third kappa shape index (κ3) is 3.88. The molecule has 0 unspecified atom stereocenters. The first-order chi connectivity index (χ1) is 10.1. The van der Waals surface area contributed by atoms with Gasteiger partial charge in [-0.15, -0.1) is 0 Å². The first-order valence-electron chi connectivity index (χ1n) is 6.32. The minimum Gasteiger partial charge on any atom is -0.320 e. The zero-order valence-corrected chi connectivity index (χ0v) is 11.5. The maximum absolute atomic E-state index is 13.8. The Morgan fingerprint density at radius 1 is 1.38 bits per heavy atom. The smallest absolute Gasteiger partial charge is 0.256 e. The van der Waals surface area contributed by atoms with Crippen LogP contribution in [0.15, 0.2) is 36.5 Å². The number of halogens is 1. The number of amides is 1. The Labute approximate surface area is 122 Å². The van der Waals surface area contributed by atoms with Crippen molar-refractivity contribution in [2.24, 2.45) is 5.73 Å². The van der Waals surface area contributed by atoms with E-state index >= 15 is 0 Å². The fraction of sp³-hybridized carbons (Fsp3) is 0.125. The van der Waals surface area contributed by atoms with E-state index in [4.69, 9.17) is 5.73 Å². The van der Waals surface area contributed by atoms with Crippen LogP contribution < -0.4 is 11.1 Å². The van der Waals surface area contributed by atoms with Gasteiger partial charge in [-0.2, -0.15) is 0 Å². The van der Waals surface area contributed by atoms with Crippen molar-refractivity contribution in [3.05, 3.63) is 59.0 Å². The normalized spacial score (nSPS) is 9.67. The topological polar surface area (TPSA) is 68.0 Å². The molecule has 0 saturated carbocycles. The summed E-state index contributed by atoms with van der Waals surface area (Å²) in [5.41, 5.74) is 6.64. The van der Waals surface area contributed by atoms with Gasteiger partial charge >= 0.3 is 0 Å². The molecule has 3 N–H and O–H groups in total. The zero-order chi connectivity index (χ0) is 15.2. The molecule has 0 atom stereocenters. The zero-order valence-electron chi connectivity index (χ0n) is 11.5. The molecule has 5 heteroatoms. The number of pyridine rings is 1. The number of nitrogens with one attached hydrogen (secondary N) is 1. The lowest BCUT2D eigenvalue weighted by molar-refractivity contribution is 0.102. The minimum absolute atomic E-state index is 0.154. The molecule has 0 bridgehead atoms. The van der Waals surface area contributed by atoms with Gasteiger partial charge in [-0.1, -0.05) is 17.9 Å². The van der Waals surface area contributed by atoms with Crippen molar-refractivity contribution in [1.29, 1.82) is 0 Å². The van der Waals surface area contributed by atoms with Gasteiger partial charge in [0.2, 0.25) is 0 Å². The lowest BCUT2D eigenvalue weighted by Crippen LogP contribution is -2.13. The fourth-order valence-electron chi connectivity index (χ4n) is 1.63. The second kappa shape index (κ2) is 6.64. The third-order valence-electron chi connectivity index (χ3n) is 2.71. The van der Waals surface area contributed by atoms with E-state index in [9.17, 15) is 9.18 Å². The second-order valence-electron chi connectivity index (χ2n) is 4.38. The molecule has 21 heavy (non-hydrogen) atoms. The van der Waals surface area contributed by atoms with Crippen LogP contribution in [0, 0.1) is 24.6 Å². The first kappa shape index (κ1) is 14.7. The number of rotatable bonds is 2. The van der Waals surface area contributed by atoms with Gasteiger partial charge in [0, 0.05) is 11.8 Å². The summed E-state index contributed by atoms with van der Waals surface area (Å²) in [6, 6.07) is 7.62. The highest BCUT2D eigenvalue weighted by molar-refractivity contribution is 6.03. The minimum atomic E-state index is -0.555. The molecule has 0 spiro atoms. The van der Waals surface area contributed by atoms with Gasteiger partial charge in [-0.05, 0) is 36.8 Å². The van der Waals surface area contributed by atoms with Crippen molar-refractivity contribution in [3.8, 4) is 11.8 Å². The number of anilines is 1. The molecule has 0 aliphatic rings. The summed E-state index contributed by atoms with van der Waals surface area (Å²) in [4.78, 5) is 16.1. The summed E-state index contributed by atoms with van der Waals surface area (Å²) in [6.45, 7) is 2.05. The molecule has 0 saturated heterocycles. The van der Waals surface area contributed by atoms with Crippen LogP contribution in [0.5, 0.6) is 0 Å². The van der Waals surface area contributed by atoms with Crippen LogP contribution in [0.3, 0.4) is 0 Å². The number of nitrogens with two attached hydrogens (primary N) is 1. The van der Waals surface area contributed by atoms with Crippen LogP contribution in [0.25, 0.3) is 0 Å². The summed E-state index contributed by atoms with van der Waals surface area (Å²) in [6.07, 6.45) is 1.64. The van der Waals surface area contributed by atoms with E-state index in [2.05, 4.69) is 22.1 Å². The summed E-state index contributed by atoms with van der Waals surface area (Å²) in [5.74, 6) is 4.60. The molecule has 106 valence electrons. The van der Waals surface area contributed by atoms with Crippen LogP contribution in [0.2, 0.25) is 0 Å². The highest BCUT2D eigenvalue weighted by atomic mass is 19.1. The lowest BCUT2D eigenvalue weighted by atomic mass is 10.1. The van der Waals surface area contributed by atoms with Gasteiger partial charge in [0.25, 0.3) is 5.91 Å². The number of aromatic nitrogens is 1. The van der Waals surface area contributed by atoms with Gasteiger partial charge in [0.1, 0.15) is 11.6 Å². The van der Waals surface area contributed by atoms with E-state index in [1.54, 1.807) is 12.3 Å². The van der Waals surface area contributed by atoms with E-state index in [1.807, 2.05) is 13.0 Å². The van der Waals surface area contributed by atoms with Crippen molar-refractivity contribution >= 4 is 11.7 Å². The van der Waals surface area contributed by atoms with Crippen LogP contribution in [-0.4, -0.2) is 17.4 Å². The van der Waals surface area contributed by atoms with Crippen molar-refractivity contribution in [1.82, 2.24) is 4.98 Å². The number of hydrogen-bond donors (Lipinski definition) is 2. The summed E-state index contributed by atoms with van der Waals surface area (Å²) in [5, 5.41) is 2.60. The largest absolute Gasteiger partial charge is 0.320 e. The van der Waals surface area contributed by atoms with E-state index in [0.717, 1.165) is 11.6 Å². The third-order valence-corrected chi connectivity index (χ3v) is 2.71. The number of carbonyl (C=O) groups is 1. The maximum Gasteiger partial charge on any atom is 0.256 e. The lowest BCUT2D eigenvalue weighted by Gasteiger charge is -2.05. The average Bonchev–Trinajstić information content (AvgIpc) is 2.48. The van der Waals surface area contributed by atoms with Crippen LogP contribution >= 0.6 is 0 Å². The molecular weight excluding hydrogens is 269 g/mol. The van der Waals surface area contributed by atoms with Crippen LogP contribution in [-0.2, 0) is 0 Å². The predicted octanol–water partition coefficient (Wildman–Crippen LogP) is 2.09. The average molecular weight is 283 g/mol. The van der Waals surface area contributed by atoms with Crippen LogP contribution in [0.4, 0.5) is 10.2 Å². The second-order valence-corrected chi connectivity index (χ2v) is 4.38.